The van der Waals surface area contributed by atoms with Gasteiger partial charge in [-0.05, 0) is 12.5 Å². The third-order valence-electron chi connectivity index (χ3n) is 2.86. The van der Waals surface area contributed by atoms with E-state index in [2.05, 4.69) is 4.74 Å². The molecule has 0 saturated carbocycles. The number of hydrogen-bond acceptors (Lipinski definition) is 4. The fourth-order valence-corrected chi connectivity index (χ4v) is 3.02. The zero-order chi connectivity index (χ0) is 13.1. The van der Waals surface area contributed by atoms with Crippen LogP contribution in [0.25, 0.3) is 0 Å². The molecule has 96 valence electrons. The van der Waals surface area contributed by atoms with Gasteiger partial charge in [-0.2, -0.15) is 0 Å². The van der Waals surface area contributed by atoms with Crippen molar-refractivity contribution >= 4 is 23.6 Å². The van der Waals surface area contributed by atoms with Crippen LogP contribution in [0.15, 0.2) is 24.3 Å². The van der Waals surface area contributed by atoms with Crippen LogP contribution in [0.1, 0.15) is 16.5 Å². The Balaban J connectivity index is 2.18. The molecule has 1 aromatic carbocycles. The molecule has 2 rings (SSSR count). The molecule has 0 aromatic heterocycles. The van der Waals surface area contributed by atoms with Gasteiger partial charge in [0.2, 0.25) is 5.91 Å². The van der Waals surface area contributed by atoms with Crippen molar-refractivity contribution < 1.29 is 14.3 Å². The Morgan fingerprint density at radius 2 is 2.11 bits per heavy atom. The van der Waals surface area contributed by atoms with Gasteiger partial charge in [-0.1, -0.05) is 29.8 Å². The summed E-state index contributed by atoms with van der Waals surface area (Å²) in [5.41, 5.74) is 2.22. The minimum Gasteiger partial charge on any atom is -0.468 e. The summed E-state index contributed by atoms with van der Waals surface area (Å²) in [4.78, 5) is 24.7. The van der Waals surface area contributed by atoms with Gasteiger partial charge in [-0.15, -0.1) is 11.8 Å². The van der Waals surface area contributed by atoms with Gasteiger partial charge in [0, 0.05) is 0 Å². The molecule has 1 atom stereocenters. The molecule has 5 heteroatoms. The Labute approximate surface area is 110 Å². The third-order valence-corrected chi connectivity index (χ3v) is 4.11. The number of thioether (sulfide) groups is 1. The molecule has 0 bridgehead atoms. The Hall–Kier alpha value is -1.49. The topological polar surface area (TPSA) is 46.6 Å². The third kappa shape index (κ3) is 2.67. The van der Waals surface area contributed by atoms with Gasteiger partial charge in [0.25, 0.3) is 0 Å². The maximum Gasteiger partial charge on any atom is 0.325 e. The smallest absolute Gasteiger partial charge is 0.325 e. The van der Waals surface area contributed by atoms with Crippen LogP contribution >= 0.6 is 11.8 Å². The predicted octanol–water partition coefficient (Wildman–Crippen LogP) is 1.74. The lowest BCUT2D eigenvalue weighted by atomic mass is 10.1. The average molecular weight is 265 g/mol. The quantitative estimate of drug-likeness (QED) is 0.781. The van der Waals surface area contributed by atoms with E-state index in [4.69, 9.17) is 0 Å². The summed E-state index contributed by atoms with van der Waals surface area (Å²) in [6.07, 6.45) is 0. The highest BCUT2D eigenvalue weighted by molar-refractivity contribution is 8.00. The lowest BCUT2D eigenvalue weighted by Crippen LogP contribution is -2.33. The Morgan fingerprint density at radius 1 is 1.44 bits per heavy atom. The maximum atomic E-state index is 11.8. The van der Waals surface area contributed by atoms with E-state index in [0.717, 1.165) is 5.56 Å². The number of carbonyl (C=O) groups excluding carboxylic acids is 2. The second-order valence-corrected chi connectivity index (χ2v) is 5.24. The number of nitrogens with zero attached hydrogens (tertiary/aromatic N) is 1. The first-order valence-corrected chi connectivity index (χ1v) is 6.71. The van der Waals surface area contributed by atoms with E-state index < -0.39 is 0 Å². The molecule has 1 amide bonds. The summed E-state index contributed by atoms with van der Waals surface area (Å²) >= 11 is 1.54. The van der Waals surface area contributed by atoms with Crippen molar-refractivity contribution in [3.05, 3.63) is 35.4 Å². The van der Waals surface area contributed by atoms with Crippen LogP contribution in [-0.4, -0.2) is 36.2 Å². The van der Waals surface area contributed by atoms with Crippen molar-refractivity contribution in [1.29, 1.82) is 0 Å². The molecule has 1 unspecified atom stereocenters. The summed E-state index contributed by atoms with van der Waals surface area (Å²) in [6.45, 7) is 2.03. The number of aryl methyl sites for hydroxylation is 1. The predicted molar refractivity (Wildman–Crippen MR) is 70.1 cm³/mol. The fraction of sp³-hybridized carbons (Fsp3) is 0.385. The molecule has 1 aliphatic heterocycles. The molecule has 1 aromatic rings. The highest BCUT2D eigenvalue weighted by Crippen LogP contribution is 2.38. The summed E-state index contributed by atoms with van der Waals surface area (Å²) in [6, 6.07) is 8.01. The van der Waals surface area contributed by atoms with Crippen molar-refractivity contribution in [2.24, 2.45) is 0 Å². The van der Waals surface area contributed by atoms with E-state index in [1.54, 1.807) is 4.90 Å². The van der Waals surface area contributed by atoms with Crippen molar-refractivity contribution in [2.75, 3.05) is 19.4 Å². The van der Waals surface area contributed by atoms with Crippen LogP contribution in [0, 0.1) is 6.92 Å². The largest absolute Gasteiger partial charge is 0.468 e. The fourth-order valence-electron chi connectivity index (χ4n) is 1.84. The first-order chi connectivity index (χ1) is 8.61. The van der Waals surface area contributed by atoms with Crippen molar-refractivity contribution in [1.82, 2.24) is 4.90 Å². The Bertz CT molecular complexity index is 458. The van der Waals surface area contributed by atoms with E-state index in [-0.39, 0.29) is 23.8 Å². The van der Waals surface area contributed by atoms with Crippen molar-refractivity contribution in [3.63, 3.8) is 0 Å². The maximum absolute atomic E-state index is 11.8. The number of amides is 1. The van der Waals surface area contributed by atoms with Gasteiger partial charge in [0.1, 0.15) is 11.9 Å². The number of esters is 1. The van der Waals surface area contributed by atoms with E-state index in [1.807, 2.05) is 31.2 Å². The van der Waals surface area contributed by atoms with Crippen LogP contribution in [0.3, 0.4) is 0 Å². The molecule has 0 radical (unpaired) electrons. The van der Waals surface area contributed by atoms with E-state index >= 15 is 0 Å². The second kappa shape index (κ2) is 5.44. The summed E-state index contributed by atoms with van der Waals surface area (Å²) in [5, 5.41) is -0.0859. The molecule has 1 aliphatic rings. The van der Waals surface area contributed by atoms with Crippen LogP contribution in [0.2, 0.25) is 0 Å². The first-order valence-electron chi connectivity index (χ1n) is 5.66. The van der Waals surface area contributed by atoms with Crippen LogP contribution < -0.4 is 0 Å². The average Bonchev–Trinajstić information content (AvgIpc) is 2.72. The molecule has 1 fully saturated rings. The lowest BCUT2D eigenvalue weighted by Gasteiger charge is -2.23. The summed E-state index contributed by atoms with van der Waals surface area (Å²) < 4.78 is 4.62. The van der Waals surface area contributed by atoms with E-state index in [0.29, 0.717) is 5.75 Å². The molecule has 0 N–H and O–H groups in total. The number of hydrogen-bond donors (Lipinski definition) is 0. The van der Waals surface area contributed by atoms with Gasteiger partial charge in [0.05, 0.1) is 12.9 Å². The van der Waals surface area contributed by atoms with Crippen molar-refractivity contribution in [3.8, 4) is 0 Å². The molecular formula is C13H15NO3S. The number of carbonyl (C=O) groups is 2. The van der Waals surface area contributed by atoms with Crippen LogP contribution in [0.5, 0.6) is 0 Å². The highest BCUT2D eigenvalue weighted by Gasteiger charge is 2.34. The molecular weight excluding hydrogens is 250 g/mol. The molecule has 1 saturated heterocycles. The van der Waals surface area contributed by atoms with Crippen LogP contribution in [-0.2, 0) is 14.3 Å². The van der Waals surface area contributed by atoms with Gasteiger partial charge in [-0.3, -0.25) is 9.59 Å². The summed E-state index contributed by atoms with van der Waals surface area (Å²) in [5.74, 6) is 0.00848. The molecule has 0 spiro atoms. The zero-order valence-electron chi connectivity index (χ0n) is 10.4. The minimum atomic E-state index is -0.386. The Morgan fingerprint density at radius 3 is 2.72 bits per heavy atom. The molecule has 18 heavy (non-hydrogen) atoms. The second-order valence-electron chi connectivity index (χ2n) is 4.17. The lowest BCUT2D eigenvalue weighted by molar-refractivity contribution is -0.146. The Kier molecular flexibility index (Phi) is 3.91. The minimum absolute atomic E-state index is 0.0148. The molecule has 0 aliphatic carbocycles. The van der Waals surface area contributed by atoms with Gasteiger partial charge < -0.3 is 9.64 Å². The number of ether oxygens (including phenoxy) is 1. The van der Waals surface area contributed by atoms with E-state index in [9.17, 15) is 9.59 Å². The molecule has 4 nitrogen and oxygen atoms in total. The van der Waals surface area contributed by atoms with Gasteiger partial charge >= 0.3 is 5.97 Å². The standard InChI is InChI=1S/C13H15NO3S/c1-9-3-5-10(6-4-9)13-14(7-12(16)17-2)11(15)8-18-13/h3-6,13H,7-8H2,1-2H3. The van der Waals surface area contributed by atoms with E-state index in [1.165, 1.54) is 24.4 Å². The number of benzene rings is 1. The SMILES string of the molecule is COC(=O)CN1C(=O)CSC1c1ccc(C)cc1. The zero-order valence-corrected chi connectivity index (χ0v) is 11.2. The van der Waals surface area contributed by atoms with Crippen molar-refractivity contribution in [2.45, 2.75) is 12.3 Å². The molecule has 1 heterocycles. The number of rotatable bonds is 3. The monoisotopic (exact) mass is 265 g/mol. The van der Waals surface area contributed by atoms with Gasteiger partial charge in [0.15, 0.2) is 0 Å². The van der Waals surface area contributed by atoms with Crippen LogP contribution in [0.4, 0.5) is 0 Å². The summed E-state index contributed by atoms with van der Waals surface area (Å²) in [7, 11) is 1.33. The van der Waals surface area contributed by atoms with Gasteiger partial charge in [-0.25, -0.2) is 0 Å². The normalized spacial score (nSPS) is 19.1. The number of methoxy groups -OCH3 is 1. The first kappa shape index (κ1) is 13.0. The highest BCUT2D eigenvalue weighted by atomic mass is 32.2.